The quantitative estimate of drug-likeness (QED) is 0.874. The van der Waals surface area contributed by atoms with E-state index in [1.165, 1.54) is 0 Å². The summed E-state index contributed by atoms with van der Waals surface area (Å²) in [5, 5.41) is 3.32. The Morgan fingerprint density at radius 2 is 2.00 bits per heavy atom. The molecule has 1 aromatic carbocycles. The lowest BCUT2D eigenvalue weighted by Gasteiger charge is -2.21. The Hall–Kier alpha value is -2.47. The van der Waals surface area contributed by atoms with Gasteiger partial charge in [-0.05, 0) is 32.4 Å². The lowest BCUT2D eigenvalue weighted by Crippen LogP contribution is -2.40. The first kappa shape index (κ1) is 17.4. The average Bonchev–Trinajstić information content (AvgIpc) is 3.01. The van der Waals surface area contributed by atoms with Crippen LogP contribution in [-0.4, -0.2) is 46.5 Å². The predicted octanol–water partition coefficient (Wildman–Crippen LogP) is 2.25. The van der Waals surface area contributed by atoms with Crippen molar-refractivity contribution in [1.82, 2.24) is 20.2 Å². The van der Waals surface area contributed by atoms with Crippen molar-refractivity contribution in [1.29, 1.82) is 0 Å². The Labute approximate surface area is 148 Å². The van der Waals surface area contributed by atoms with Crippen LogP contribution in [0.4, 0.5) is 0 Å². The largest absolute Gasteiger partial charge is 0.496 e. The summed E-state index contributed by atoms with van der Waals surface area (Å²) in [4.78, 5) is 23.1. The molecule has 3 rings (SSSR count). The first-order valence-corrected chi connectivity index (χ1v) is 8.58. The number of likely N-dealkylation sites (tertiary alicyclic amines) is 1. The van der Waals surface area contributed by atoms with Crippen molar-refractivity contribution in [3.63, 3.8) is 0 Å². The molecule has 1 N–H and O–H groups in total. The Bertz CT molecular complexity index is 730. The number of carbonyl (C=O) groups excluding carboxylic acids is 1. The summed E-state index contributed by atoms with van der Waals surface area (Å²) in [6.45, 7) is 5.49. The van der Waals surface area contributed by atoms with E-state index in [0.29, 0.717) is 12.4 Å². The molecule has 2 aromatic rings. The molecule has 0 radical (unpaired) electrons. The van der Waals surface area contributed by atoms with E-state index >= 15 is 0 Å². The number of amides is 1. The van der Waals surface area contributed by atoms with Gasteiger partial charge < -0.3 is 15.0 Å². The zero-order valence-corrected chi connectivity index (χ0v) is 14.9. The summed E-state index contributed by atoms with van der Waals surface area (Å²) >= 11 is 0. The van der Waals surface area contributed by atoms with E-state index in [-0.39, 0.29) is 18.0 Å². The fourth-order valence-corrected chi connectivity index (χ4v) is 3.06. The maximum atomic E-state index is 12.3. The molecule has 1 unspecified atom stereocenters. The lowest BCUT2D eigenvalue weighted by molar-refractivity contribution is -0.130. The number of methoxy groups -OCH3 is 1. The van der Waals surface area contributed by atoms with Crippen LogP contribution in [0.2, 0.25) is 0 Å². The number of benzene rings is 1. The highest BCUT2D eigenvalue weighted by Gasteiger charge is 2.32. The van der Waals surface area contributed by atoms with E-state index in [2.05, 4.69) is 15.3 Å². The molecule has 132 valence electrons. The third kappa shape index (κ3) is 3.79. The average molecular weight is 340 g/mol. The zero-order valence-electron chi connectivity index (χ0n) is 14.9. The van der Waals surface area contributed by atoms with Gasteiger partial charge in [0.05, 0.1) is 18.7 Å². The van der Waals surface area contributed by atoms with Crippen LogP contribution >= 0.6 is 0 Å². The minimum atomic E-state index is -0.115. The number of nitrogens with one attached hydrogen (secondary N) is 1. The van der Waals surface area contributed by atoms with E-state index < -0.39 is 0 Å². The van der Waals surface area contributed by atoms with Gasteiger partial charge in [0.15, 0.2) is 5.82 Å². The van der Waals surface area contributed by atoms with Crippen molar-refractivity contribution in [3.8, 4) is 17.1 Å². The number of carbonyl (C=O) groups is 1. The van der Waals surface area contributed by atoms with Crippen LogP contribution in [0.25, 0.3) is 11.4 Å². The highest BCUT2D eigenvalue weighted by atomic mass is 16.5. The van der Waals surface area contributed by atoms with Gasteiger partial charge in [0.2, 0.25) is 5.91 Å². The number of hydrogen-bond acceptors (Lipinski definition) is 5. The fourth-order valence-electron chi connectivity index (χ4n) is 3.06. The number of hydrogen-bond donors (Lipinski definition) is 1. The highest BCUT2D eigenvalue weighted by Crippen LogP contribution is 2.26. The van der Waals surface area contributed by atoms with Crippen LogP contribution in [0, 0.1) is 0 Å². The van der Waals surface area contributed by atoms with E-state index in [1.54, 1.807) is 19.5 Å². The van der Waals surface area contributed by atoms with E-state index in [1.807, 2.05) is 43.0 Å². The topological polar surface area (TPSA) is 67.3 Å². The summed E-state index contributed by atoms with van der Waals surface area (Å²) in [5.41, 5.74) is 1.82. The molecule has 6 nitrogen and oxygen atoms in total. The molecular weight excluding hydrogens is 316 g/mol. The molecule has 0 aliphatic carbocycles. The first-order chi connectivity index (χ1) is 12.1. The molecular formula is C19H24N4O2. The van der Waals surface area contributed by atoms with Crippen molar-refractivity contribution < 1.29 is 9.53 Å². The Morgan fingerprint density at radius 1 is 1.28 bits per heavy atom. The van der Waals surface area contributed by atoms with Gasteiger partial charge >= 0.3 is 0 Å². The minimum Gasteiger partial charge on any atom is -0.496 e. The van der Waals surface area contributed by atoms with Crippen molar-refractivity contribution in [3.05, 3.63) is 42.2 Å². The molecule has 25 heavy (non-hydrogen) atoms. The Kier molecular flexibility index (Phi) is 5.28. The van der Waals surface area contributed by atoms with E-state index in [4.69, 9.17) is 4.74 Å². The van der Waals surface area contributed by atoms with Crippen molar-refractivity contribution >= 4 is 5.91 Å². The van der Waals surface area contributed by atoms with Gasteiger partial charge in [-0.1, -0.05) is 12.1 Å². The van der Waals surface area contributed by atoms with Crippen LogP contribution in [0.3, 0.4) is 0 Å². The molecule has 2 heterocycles. The third-order valence-electron chi connectivity index (χ3n) is 4.47. The predicted molar refractivity (Wildman–Crippen MR) is 96.1 cm³/mol. The summed E-state index contributed by atoms with van der Waals surface area (Å²) in [7, 11) is 1.64. The van der Waals surface area contributed by atoms with Crippen molar-refractivity contribution in [2.75, 3.05) is 13.7 Å². The van der Waals surface area contributed by atoms with Crippen LogP contribution < -0.4 is 10.1 Å². The molecule has 1 amide bonds. The van der Waals surface area contributed by atoms with Crippen molar-refractivity contribution in [2.24, 2.45) is 0 Å². The molecule has 1 fully saturated rings. The van der Waals surface area contributed by atoms with Gasteiger partial charge in [-0.2, -0.15) is 0 Å². The van der Waals surface area contributed by atoms with Gasteiger partial charge in [0, 0.05) is 37.1 Å². The van der Waals surface area contributed by atoms with Crippen LogP contribution in [0.5, 0.6) is 5.75 Å². The smallest absolute Gasteiger partial charge is 0.240 e. The van der Waals surface area contributed by atoms with E-state index in [0.717, 1.165) is 29.8 Å². The zero-order chi connectivity index (χ0) is 17.8. The van der Waals surface area contributed by atoms with Crippen molar-refractivity contribution in [2.45, 2.75) is 38.9 Å². The molecule has 1 atom stereocenters. The monoisotopic (exact) mass is 340 g/mol. The summed E-state index contributed by atoms with van der Waals surface area (Å²) < 4.78 is 5.35. The molecule has 0 saturated carbocycles. The molecule has 0 spiro atoms. The minimum absolute atomic E-state index is 0.115. The number of aromatic nitrogens is 2. The highest BCUT2D eigenvalue weighted by molar-refractivity contribution is 5.84. The fraction of sp³-hybridized carbons (Fsp3) is 0.421. The Morgan fingerprint density at radius 3 is 2.64 bits per heavy atom. The van der Waals surface area contributed by atoms with E-state index in [9.17, 15) is 4.79 Å². The van der Waals surface area contributed by atoms with Gasteiger partial charge in [0.25, 0.3) is 0 Å². The number of rotatable bonds is 6. The Balaban J connectivity index is 1.63. The first-order valence-electron chi connectivity index (χ1n) is 8.58. The summed E-state index contributed by atoms with van der Waals surface area (Å²) in [6, 6.07) is 7.81. The molecule has 6 heteroatoms. The second-order valence-corrected chi connectivity index (χ2v) is 6.46. The number of nitrogens with zero attached hydrogens (tertiary/aromatic N) is 3. The normalized spacial score (nSPS) is 17.4. The third-order valence-corrected chi connectivity index (χ3v) is 4.47. The van der Waals surface area contributed by atoms with Gasteiger partial charge in [-0.25, -0.2) is 9.97 Å². The molecule has 0 bridgehead atoms. The van der Waals surface area contributed by atoms with Gasteiger partial charge in [-0.15, -0.1) is 0 Å². The maximum absolute atomic E-state index is 12.3. The molecule has 1 saturated heterocycles. The maximum Gasteiger partial charge on any atom is 0.240 e. The second-order valence-electron chi connectivity index (χ2n) is 6.46. The lowest BCUT2D eigenvalue weighted by atomic mass is 10.2. The molecule has 1 aromatic heterocycles. The standard InChI is InChI=1S/C19H24N4O2/c1-13(2)23-9-8-16(19(23)24)20-10-14-11-21-18(22-12-14)15-6-4-5-7-17(15)25-3/h4-7,11-13,16,20H,8-10H2,1-3H3. The van der Waals surface area contributed by atoms with Crippen LogP contribution in [0.15, 0.2) is 36.7 Å². The molecule has 1 aliphatic heterocycles. The van der Waals surface area contributed by atoms with Crippen LogP contribution in [-0.2, 0) is 11.3 Å². The second kappa shape index (κ2) is 7.61. The number of ether oxygens (including phenoxy) is 1. The van der Waals surface area contributed by atoms with Gasteiger partial charge in [-0.3, -0.25) is 4.79 Å². The van der Waals surface area contributed by atoms with Crippen LogP contribution in [0.1, 0.15) is 25.8 Å². The summed E-state index contributed by atoms with van der Waals surface area (Å²) in [6.07, 6.45) is 4.43. The molecule has 1 aliphatic rings. The summed E-state index contributed by atoms with van der Waals surface area (Å²) in [5.74, 6) is 1.56. The SMILES string of the molecule is COc1ccccc1-c1ncc(CNC2CCN(C(C)C)C2=O)cn1. The van der Waals surface area contributed by atoms with Gasteiger partial charge in [0.1, 0.15) is 5.75 Å². The number of para-hydroxylation sites is 1.